The highest BCUT2D eigenvalue weighted by atomic mass is 16.1. The van der Waals surface area contributed by atoms with Crippen LogP contribution in [0.5, 0.6) is 0 Å². The molecule has 2 heterocycles. The molecule has 0 radical (unpaired) electrons. The van der Waals surface area contributed by atoms with Gasteiger partial charge in [0.05, 0.1) is 23.5 Å². The van der Waals surface area contributed by atoms with Crippen molar-refractivity contribution in [2.75, 3.05) is 0 Å². The van der Waals surface area contributed by atoms with Gasteiger partial charge in [-0.1, -0.05) is 25.7 Å². The Morgan fingerprint density at radius 2 is 2.17 bits per heavy atom. The van der Waals surface area contributed by atoms with Crippen LogP contribution in [0.3, 0.4) is 0 Å². The fourth-order valence-corrected chi connectivity index (χ4v) is 2.82. The molecule has 0 N–H and O–H groups in total. The number of fused-ring (bicyclic) bond motifs is 1. The summed E-state index contributed by atoms with van der Waals surface area (Å²) in [6.45, 7) is 0. The fraction of sp³-hybridized carbons (Fsp3) is 0.500. The van der Waals surface area contributed by atoms with E-state index in [4.69, 9.17) is 0 Å². The number of Topliss-reactive ketones (excluding diaryl/α,β-unsaturated/α-hetero) is 1. The number of carbonyl (C=O) groups is 1. The van der Waals surface area contributed by atoms with Crippen LogP contribution < -0.4 is 0 Å². The number of hydrogen-bond donors (Lipinski definition) is 0. The average Bonchev–Trinajstić information content (AvgIpc) is 3.05. The first-order valence-corrected chi connectivity index (χ1v) is 6.65. The van der Waals surface area contributed by atoms with Crippen LogP contribution in [-0.4, -0.2) is 20.4 Å². The second-order valence-electron chi connectivity index (χ2n) is 5.08. The Hall–Kier alpha value is -1.71. The number of nitrogens with zero attached hydrogens (tertiary/aromatic N) is 3. The Morgan fingerprint density at radius 3 is 3.00 bits per heavy atom. The highest BCUT2D eigenvalue weighted by Gasteiger charge is 2.18. The van der Waals surface area contributed by atoms with Gasteiger partial charge in [-0.3, -0.25) is 9.78 Å². The van der Waals surface area contributed by atoms with E-state index in [1.54, 1.807) is 29.3 Å². The molecule has 2 aromatic heterocycles. The maximum Gasteiger partial charge on any atom is 0.166 e. The lowest BCUT2D eigenvalue weighted by Gasteiger charge is -2.06. The van der Waals surface area contributed by atoms with Crippen LogP contribution in [0.1, 0.15) is 48.9 Å². The van der Waals surface area contributed by atoms with Crippen LogP contribution in [0.15, 0.2) is 24.8 Å². The van der Waals surface area contributed by atoms with Gasteiger partial charge in [0.1, 0.15) is 0 Å². The molecule has 2 aromatic rings. The van der Waals surface area contributed by atoms with Gasteiger partial charge in [0, 0.05) is 18.8 Å². The first kappa shape index (κ1) is 11.4. The van der Waals surface area contributed by atoms with E-state index in [-0.39, 0.29) is 5.78 Å². The second-order valence-corrected chi connectivity index (χ2v) is 5.08. The molecule has 0 amide bonds. The first-order valence-electron chi connectivity index (χ1n) is 6.65. The quantitative estimate of drug-likeness (QED) is 0.776. The summed E-state index contributed by atoms with van der Waals surface area (Å²) >= 11 is 0. The zero-order valence-electron chi connectivity index (χ0n) is 10.4. The van der Waals surface area contributed by atoms with Crippen LogP contribution in [0.25, 0.3) is 5.52 Å². The highest BCUT2D eigenvalue weighted by molar-refractivity contribution is 6.01. The van der Waals surface area contributed by atoms with Gasteiger partial charge in [-0.2, -0.15) is 5.10 Å². The zero-order chi connectivity index (χ0) is 12.4. The Morgan fingerprint density at radius 1 is 1.33 bits per heavy atom. The lowest BCUT2D eigenvalue weighted by atomic mass is 9.98. The van der Waals surface area contributed by atoms with Crippen molar-refractivity contribution in [3.8, 4) is 0 Å². The minimum absolute atomic E-state index is 0.199. The summed E-state index contributed by atoms with van der Waals surface area (Å²) in [5, 5.41) is 4.18. The molecule has 18 heavy (non-hydrogen) atoms. The summed E-state index contributed by atoms with van der Waals surface area (Å²) < 4.78 is 1.70. The molecule has 0 saturated heterocycles. The smallest absolute Gasteiger partial charge is 0.166 e. The van der Waals surface area contributed by atoms with E-state index in [0.717, 1.165) is 17.9 Å². The maximum absolute atomic E-state index is 12.2. The zero-order valence-corrected chi connectivity index (χ0v) is 10.4. The number of ketones is 1. The normalized spacial score (nSPS) is 16.4. The maximum atomic E-state index is 12.2. The molecule has 0 aromatic carbocycles. The molecule has 0 spiro atoms. The van der Waals surface area contributed by atoms with Gasteiger partial charge in [0.25, 0.3) is 0 Å². The van der Waals surface area contributed by atoms with Crippen molar-refractivity contribution >= 4 is 11.3 Å². The Bertz CT molecular complexity index is 555. The van der Waals surface area contributed by atoms with Crippen molar-refractivity contribution in [1.82, 2.24) is 14.6 Å². The lowest BCUT2D eigenvalue weighted by molar-refractivity contribution is 0.0975. The topological polar surface area (TPSA) is 47.3 Å². The summed E-state index contributed by atoms with van der Waals surface area (Å²) in [6.07, 6.45) is 13.7. The molecule has 3 rings (SSSR count). The number of rotatable bonds is 4. The first-order chi connectivity index (χ1) is 8.84. The van der Waals surface area contributed by atoms with Gasteiger partial charge in [0.15, 0.2) is 5.78 Å². The summed E-state index contributed by atoms with van der Waals surface area (Å²) in [7, 11) is 0. The van der Waals surface area contributed by atoms with E-state index in [9.17, 15) is 4.79 Å². The molecular formula is C14H17N3O. The average molecular weight is 243 g/mol. The van der Waals surface area contributed by atoms with Gasteiger partial charge in [-0.25, -0.2) is 4.52 Å². The summed E-state index contributed by atoms with van der Waals surface area (Å²) in [6, 6.07) is 0. The summed E-state index contributed by atoms with van der Waals surface area (Å²) in [4.78, 5) is 16.2. The van der Waals surface area contributed by atoms with E-state index >= 15 is 0 Å². The Kier molecular flexibility index (Phi) is 3.09. The molecule has 0 unspecified atom stereocenters. The Labute approximate surface area is 106 Å². The molecule has 0 bridgehead atoms. The SMILES string of the molecule is O=C(CCC1CCCC1)c1cnn2ccncc12. The summed E-state index contributed by atoms with van der Waals surface area (Å²) in [5.41, 5.74) is 1.52. The predicted molar refractivity (Wildman–Crippen MR) is 68.5 cm³/mol. The third-order valence-electron chi connectivity index (χ3n) is 3.88. The lowest BCUT2D eigenvalue weighted by Crippen LogP contribution is -2.02. The molecule has 0 aliphatic heterocycles. The highest BCUT2D eigenvalue weighted by Crippen LogP contribution is 2.29. The monoisotopic (exact) mass is 243 g/mol. The second kappa shape index (κ2) is 4.88. The Balaban J connectivity index is 1.71. The van der Waals surface area contributed by atoms with Crippen molar-refractivity contribution in [1.29, 1.82) is 0 Å². The van der Waals surface area contributed by atoms with E-state index in [2.05, 4.69) is 10.1 Å². The van der Waals surface area contributed by atoms with Gasteiger partial charge in [0.2, 0.25) is 0 Å². The van der Waals surface area contributed by atoms with Crippen molar-refractivity contribution in [2.45, 2.75) is 38.5 Å². The van der Waals surface area contributed by atoms with Crippen molar-refractivity contribution in [3.63, 3.8) is 0 Å². The molecule has 4 nitrogen and oxygen atoms in total. The van der Waals surface area contributed by atoms with Crippen LogP contribution in [0, 0.1) is 5.92 Å². The van der Waals surface area contributed by atoms with Crippen molar-refractivity contribution in [2.24, 2.45) is 5.92 Å². The van der Waals surface area contributed by atoms with Crippen molar-refractivity contribution < 1.29 is 4.79 Å². The molecule has 1 aliphatic rings. The molecule has 4 heteroatoms. The largest absolute Gasteiger partial charge is 0.294 e. The minimum atomic E-state index is 0.199. The minimum Gasteiger partial charge on any atom is -0.294 e. The van der Waals surface area contributed by atoms with Gasteiger partial charge in [-0.15, -0.1) is 0 Å². The van der Waals surface area contributed by atoms with E-state index < -0.39 is 0 Å². The molecule has 1 fully saturated rings. The van der Waals surface area contributed by atoms with Crippen LogP contribution in [0.4, 0.5) is 0 Å². The van der Waals surface area contributed by atoms with Gasteiger partial charge in [-0.05, 0) is 12.3 Å². The number of aromatic nitrogens is 3. The molecule has 94 valence electrons. The van der Waals surface area contributed by atoms with E-state index in [1.807, 2.05) is 0 Å². The van der Waals surface area contributed by atoms with Crippen LogP contribution >= 0.6 is 0 Å². The van der Waals surface area contributed by atoms with Gasteiger partial charge < -0.3 is 0 Å². The third kappa shape index (κ3) is 2.15. The fourth-order valence-electron chi connectivity index (χ4n) is 2.82. The van der Waals surface area contributed by atoms with E-state index in [0.29, 0.717) is 12.0 Å². The van der Waals surface area contributed by atoms with E-state index in [1.165, 1.54) is 25.7 Å². The summed E-state index contributed by atoms with van der Waals surface area (Å²) in [5.74, 6) is 0.957. The number of hydrogen-bond acceptors (Lipinski definition) is 3. The number of carbonyl (C=O) groups excluding carboxylic acids is 1. The van der Waals surface area contributed by atoms with Gasteiger partial charge >= 0.3 is 0 Å². The van der Waals surface area contributed by atoms with Crippen LogP contribution in [0.2, 0.25) is 0 Å². The molecular weight excluding hydrogens is 226 g/mol. The molecule has 1 saturated carbocycles. The third-order valence-corrected chi connectivity index (χ3v) is 3.88. The predicted octanol–water partition coefficient (Wildman–Crippen LogP) is 2.88. The molecule has 0 atom stereocenters. The van der Waals surface area contributed by atoms with Crippen LogP contribution in [-0.2, 0) is 0 Å². The van der Waals surface area contributed by atoms with Crippen molar-refractivity contribution in [3.05, 3.63) is 30.4 Å². The molecule has 1 aliphatic carbocycles. The standard InChI is InChI=1S/C14H17N3O/c18-14(6-5-11-3-1-2-4-11)12-9-16-17-8-7-15-10-13(12)17/h7-11H,1-6H2.